The van der Waals surface area contributed by atoms with Crippen LogP contribution in [0.2, 0.25) is 0 Å². The fourth-order valence-corrected chi connectivity index (χ4v) is 12.4. The Kier molecular flexibility index (Phi) is 12.1. The number of hydrogen-bond acceptors (Lipinski definition) is 13. The maximum atomic E-state index is 14.7. The number of sulfonamides is 1. The van der Waals surface area contributed by atoms with E-state index in [9.17, 15) is 32.8 Å². The molecule has 0 bridgehead atoms. The maximum Gasteiger partial charge on any atom is 0.297 e. The molecule has 3 atom stereocenters. The number of H-pyrrole nitrogens is 1. The topological polar surface area (TPSA) is 204 Å². The van der Waals surface area contributed by atoms with E-state index >= 15 is 0 Å². The maximum absolute atomic E-state index is 14.7. The fraction of sp³-hybridized carbons (Fsp3) is 0.480. The van der Waals surface area contributed by atoms with Crippen LogP contribution in [0.15, 0.2) is 78.0 Å². The molecule has 4 fully saturated rings. The number of amides is 1. The first kappa shape index (κ1) is 45.9. The van der Waals surface area contributed by atoms with Crippen LogP contribution in [0, 0.1) is 27.3 Å². The number of carbonyl (C=O) groups excluding carboxylic acids is 1. The molecule has 3 aromatic carbocycles. The van der Waals surface area contributed by atoms with Gasteiger partial charge in [-0.2, -0.15) is 0 Å². The number of nitro groups is 1. The number of aromatic amines is 1. The summed E-state index contributed by atoms with van der Waals surface area (Å²) >= 11 is 0. The summed E-state index contributed by atoms with van der Waals surface area (Å²) in [6, 6.07) is 17.5. The van der Waals surface area contributed by atoms with E-state index in [0.29, 0.717) is 49.2 Å². The summed E-state index contributed by atoms with van der Waals surface area (Å²) in [6.45, 7) is 12.1. The first-order valence-corrected chi connectivity index (χ1v) is 25.3. The zero-order valence-corrected chi connectivity index (χ0v) is 39.4. The predicted octanol–water partition coefficient (Wildman–Crippen LogP) is 7.81. The van der Waals surface area contributed by atoms with Crippen molar-refractivity contribution in [2.24, 2.45) is 11.3 Å². The Morgan fingerprint density at radius 1 is 1.06 bits per heavy atom. The number of ether oxygens (including phenoxy) is 2. The smallest absolute Gasteiger partial charge is 0.297 e. The van der Waals surface area contributed by atoms with Crippen molar-refractivity contribution in [1.29, 1.82) is 0 Å². The molecule has 360 valence electrons. The van der Waals surface area contributed by atoms with Gasteiger partial charge in [-0.15, -0.1) is 0 Å². The zero-order valence-electron chi connectivity index (χ0n) is 38.6. The number of nitrogens with zero attached hydrogens (tertiary/aromatic N) is 4. The normalized spacial score (nSPS) is 25.0. The first-order chi connectivity index (χ1) is 32.6. The van der Waals surface area contributed by atoms with Crippen LogP contribution in [0.4, 0.5) is 21.5 Å². The Morgan fingerprint density at radius 3 is 2.57 bits per heavy atom. The van der Waals surface area contributed by atoms with E-state index in [-0.39, 0.29) is 57.9 Å². The zero-order chi connectivity index (χ0) is 47.5. The van der Waals surface area contributed by atoms with Gasteiger partial charge in [-0.1, -0.05) is 38.1 Å². The second-order valence-electron chi connectivity index (χ2n) is 20.2. The molecular formula is C50H59FN8O8S. The molecule has 1 amide bonds. The van der Waals surface area contributed by atoms with Crippen molar-refractivity contribution < 1.29 is 37.1 Å². The van der Waals surface area contributed by atoms with E-state index in [0.717, 1.165) is 70.3 Å². The minimum Gasteiger partial charge on any atom is -0.489 e. The highest BCUT2D eigenvalue weighted by atomic mass is 32.2. The molecule has 5 aromatic rings. The third-order valence-corrected chi connectivity index (χ3v) is 16.6. The van der Waals surface area contributed by atoms with Crippen molar-refractivity contribution in [3.63, 3.8) is 0 Å². The molecule has 18 heteroatoms. The van der Waals surface area contributed by atoms with Crippen LogP contribution in [0.5, 0.6) is 17.2 Å². The van der Waals surface area contributed by atoms with Gasteiger partial charge in [0, 0.05) is 74.8 Å². The molecule has 0 radical (unpaired) electrons. The van der Waals surface area contributed by atoms with Crippen LogP contribution in [0.3, 0.4) is 0 Å². The number of halogens is 1. The lowest BCUT2D eigenvalue weighted by molar-refractivity contribution is -0.384. The van der Waals surface area contributed by atoms with Crippen molar-refractivity contribution in [3.8, 4) is 17.2 Å². The summed E-state index contributed by atoms with van der Waals surface area (Å²) in [7, 11) is -4.72. The van der Waals surface area contributed by atoms with Crippen LogP contribution >= 0.6 is 0 Å². The monoisotopic (exact) mass is 950 g/mol. The molecule has 1 aliphatic carbocycles. The molecule has 6 heterocycles. The summed E-state index contributed by atoms with van der Waals surface area (Å²) in [5, 5.41) is 29.9. The van der Waals surface area contributed by atoms with Gasteiger partial charge in [0.1, 0.15) is 29.6 Å². The number of piperidine rings is 2. The molecule has 5 aliphatic rings. The number of carbonyl (C=O) groups is 1. The standard InChI is InChI=1S/C50H59FN8O8S/c1-30(2)35-6-4-5-7-36(35)39-25-52-17-12-42(39)58-28-50(29-58)15-18-57(19-16-50)32-8-9-37(44(20-32)67-33-21-38-40(51)26-54-47(38)53-24-33)48(60)56-68(64,65)34-22-43(59(62)63)46-45(23-34)66-27-41(55-46)31-10-13-49(3,61)14-11-31/h4-9,20-24,26,30-31,39,41-42,52,55,61H,10-19,25,27-29H2,1-3H3,(H,53,54)(H,56,60)/t31-,39-,41-,42-,49-/m1/s1. The highest BCUT2D eigenvalue weighted by Gasteiger charge is 2.49. The molecule has 1 saturated carbocycles. The van der Waals surface area contributed by atoms with E-state index in [2.05, 4.69) is 73.2 Å². The quantitative estimate of drug-likeness (QED) is 0.0634. The molecule has 4 aliphatic heterocycles. The van der Waals surface area contributed by atoms with Crippen molar-refractivity contribution in [2.45, 2.75) is 100 Å². The third-order valence-electron chi connectivity index (χ3n) is 15.3. The third kappa shape index (κ3) is 8.98. The van der Waals surface area contributed by atoms with Gasteiger partial charge in [0.05, 0.1) is 38.6 Å². The Hall–Kier alpha value is -5.82. The SMILES string of the molecule is CC(C)c1ccccc1[C@H]1CNCC[C@H]1N1CC2(CCN(c3ccc(C(=O)NS(=O)(=O)c4cc5c(c([N+](=O)[O-])c4)N[C@@H]([C@H]4CC[C@](C)(O)CC4)CO5)c(Oc4cnc5[nH]cc(F)c5c4)c3)CC2)C1. The minimum absolute atomic E-state index is 0.0141. The molecule has 16 nitrogen and oxygen atoms in total. The van der Waals surface area contributed by atoms with Gasteiger partial charge in [0.25, 0.3) is 21.6 Å². The van der Waals surface area contributed by atoms with Gasteiger partial charge in [-0.3, -0.25) is 19.8 Å². The second-order valence-corrected chi connectivity index (χ2v) is 21.9. The lowest BCUT2D eigenvalue weighted by atomic mass is 9.69. The van der Waals surface area contributed by atoms with Crippen molar-refractivity contribution >= 4 is 44.0 Å². The van der Waals surface area contributed by atoms with Gasteiger partial charge in [-0.25, -0.2) is 22.5 Å². The van der Waals surface area contributed by atoms with Crippen LogP contribution in [-0.2, 0) is 10.0 Å². The number of aromatic nitrogens is 2. The largest absolute Gasteiger partial charge is 0.489 e. The molecule has 0 unspecified atom stereocenters. The molecule has 5 N–H and O–H groups in total. The number of likely N-dealkylation sites (tertiary alicyclic amines) is 1. The van der Waals surface area contributed by atoms with Crippen LogP contribution < -0.4 is 29.7 Å². The van der Waals surface area contributed by atoms with Crippen LogP contribution in [-0.4, -0.2) is 103 Å². The molecule has 3 saturated heterocycles. The fourth-order valence-electron chi connectivity index (χ4n) is 11.4. The molecule has 1 spiro atoms. The van der Waals surface area contributed by atoms with E-state index in [4.69, 9.17) is 9.47 Å². The number of rotatable bonds is 11. The number of benzene rings is 3. The van der Waals surface area contributed by atoms with Gasteiger partial charge in [-0.05, 0) is 105 Å². The Balaban J connectivity index is 0.864. The van der Waals surface area contributed by atoms with Gasteiger partial charge >= 0.3 is 0 Å². The summed E-state index contributed by atoms with van der Waals surface area (Å²) in [4.78, 5) is 37.2. The van der Waals surface area contributed by atoms with Crippen LogP contribution in [0.1, 0.15) is 99.0 Å². The predicted molar refractivity (Wildman–Crippen MR) is 256 cm³/mol. The average molecular weight is 951 g/mol. The lowest BCUT2D eigenvalue weighted by Crippen LogP contribution is -2.65. The van der Waals surface area contributed by atoms with E-state index < -0.39 is 42.9 Å². The highest BCUT2D eigenvalue weighted by Crippen LogP contribution is 2.47. The minimum atomic E-state index is -4.72. The van der Waals surface area contributed by atoms with Crippen molar-refractivity contribution in [1.82, 2.24) is 24.9 Å². The Labute approximate surface area is 395 Å². The van der Waals surface area contributed by atoms with E-state index in [1.807, 2.05) is 0 Å². The lowest BCUT2D eigenvalue weighted by Gasteiger charge is -2.58. The average Bonchev–Trinajstić information content (AvgIpc) is 3.69. The number of fused-ring (bicyclic) bond motifs is 2. The summed E-state index contributed by atoms with van der Waals surface area (Å²) in [5.74, 6) is -0.507. The highest BCUT2D eigenvalue weighted by molar-refractivity contribution is 7.90. The number of anilines is 2. The van der Waals surface area contributed by atoms with Crippen molar-refractivity contribution in [3.05, 3.63) is 106 Å². The number of nitro benzene ring substituents is 1. The second kappa shape index (κ2) is 17.9. The van der Waals surface area contributed by atoms with E-state index in [1.54, 1.807) is 19.1 Å². The van der Waals surface area contributed by atoms with Crippen LogP contribution in [0.25, 0.3) is 11.0 Å². The summed E-state index contributed by atoms with van der Waals surface area (Å²) < 4.78 is 56.9. The molecule has 2 aromatic heterocycles. The summed E-state index contributed by atoms with van der Waals surface area (Å²) in [5.41, 5.74) is 2.79. The Morgan fingerprint density at radius 2 is 1.82 bits per heavy atom. The molecule has 10 rings (SSSR count). The van der Waals surface area contributed by atoms with E-state index in [1.165, 1.54) is 41.7 Å². The van der Waals surface area contributed by atoms with Crippen molar-refractivity contribution in [2.75, 3.05) is 56.1 Å². The van der Waals surface area contributed by atoms with Gasteiger partial charge in [0.2, 0.25) is 0 Å². The molecule has 68 heavy (non-hydrogen) atoms. The summed E-state index contributed by atoms with van der Waals surface area (Å²) in [6.07, 6.45) is 8.18. The van der Waals surface area contributed by atoms with Gasteiger partial charge < -0.3 is 35.1 Å². The first-order valence-electron chi connectivity index (χ1n) is 23.8. The number of pyridine rings is 1. The van der Waals surface area contributed by atoms with Gasteiger partial charge in [0.15, 0.2) is 11.4 Å². The number of hydrogen-bond donors (Lipinski definition) is 5. The molecular weight excluding hydrogens is 892 g/mol. The number of nitrogens with one attached hydrogen (secondary N) is 4. The Bertz CT molecular complexity index is 2850. The number of aliphatic hydroxyl groups is 1.